The Morgan fingerprint density at radius 3 is 2.68 bits per heavy atom. The molecule has 2 aliphatic rings. The molecule has 7 nitrogen and oxygen atoms in total. The van der Waals surface area contributed by atoms with Crippen LogP contribution < -0.4 is 4.31 Å². The number of hydrogen-bond donors (Lipinski definition) is 0. The Hall–Kier alpha value is -2.69. The number of aromatic nitrogens is 1. The van der Waals surface area contributed by atoms with Crippen molar-refractivity contribution < 1.29 is 18.0 Å². The second-order valence-corrected chi connectivity index (χ2v) is 12.0. The van der Waals surface area contributed by atoms with E-state index in [2.05, 4.69) is 4.98 Å². The van der Waals surface area contributed by atoms with Gasteiger partial charge in [-0.15, -0.1) is 23.1 Å². The van der Waals surface area contributed by atoms with E-state index in [0.29, 0.717) is 17.1 Å². The molecule has 0 radical (unpaired) electrons. The zero-order valence-corrected chi connectivity index (χ0v) is 18.8. The van der Waals surface area contributed by atoms with Crippen molar-refractivity contribution in [2.45, 2.75) is 27.8 Å². The number of hydrogen-bond acceptors (Lipinski definition) is 7. The zero-order valence-electron chi connectivity index (χ0n) is 16.4. The average molecular weight is 472 g/mol. The molecule has 4 heterocycles. The average Bonchev–Trinajstić information content (AvgIpc) is 3.33. The Bertz CT molecular complexity index is 1280. The summed E-state index contributed by atoms with van der Waals surface area (Å²) in [6.07, 6.45) is 1.47. The second kappa shape index (κ2) is 7.47. The molecule has 10 heteroatoms. The minimum atomic E-state index is -3.76. The predicted octanol–water partition coefficient (Wildman–Crippen LogP) is 3.63. The van der Waals surface area contributed by atoms with E-state index in [9.17, 15) is 18.0 Å². The van der Waals surface area contributed by atoms with Gasteiger partial charge in [-0.25, -0.2) is 8.42 Å². The van der Waals surface area contributed by atoms with E-state index in [-0.39, 0.29) is 27.3 Å². The number of carbonyl (C=O) groups excluding carboxylic acids is 2. The van der Waals surface area contributed by atoms with E-state index in [0.717, 1.165) is 21.1 Å². The number of anilines is 1. The number of carbonyl (C=O) groups is 2. The Labute approximate surface area is 187 Å². The molecule has 0 fully saturated rings. The fraction of sp³-hybridized carbons (Fsp3) is 0.190. The second-order valence-electron chi connectivity index (χ2n) is 7.25. The summed E-state index contributed by atoms with van der Waals surface area (Å²) in [5.74, 6) is -0.879. The molecule has 158 valence electrons. The number of thiophene rings is 1. The number of benzene rings is 1. The zero-order chi connectivity index (χ0) is 21.8. The molecule has 0 aliphatic carbocycles. The molecule has 3 aromatic rings. The maximum Gasteiger partial charge on any atom is 0.280 e. The summed E-state index contributed by atoms with van der Waals surface area (Å²) in [6.45, 7) is 2.39. The molecule has 1 atom stereocenters. The van der Waals surface area contributed by atoms with Crippen molar-refractivity contribution >= 4 is 50.6 Å². The summed E-state index contributed by atoms with van der Waals surface area (Å²) in [7, 11) is -3.76. The lowest BCUT2D eigenvalue weighted by Crippen LogP contribution is -2.38. The molecule has 1 aromatic carbocycles. The quantitative estimate of drug-likeness (QED) is 0.540. The first-order valence-electron chi connectivity index (χ1n) is 9.54. The van der Waals surface area contributed by atoms with Gasteiger partial charge in [-0.2, -0.15) is 0 Å². The van der Waals surface area contributed by atoms with Gasteiger partial charge < -0.3 is 0 Å². The van der Waals surface area contributed by atoms with Gasteiger partial charge in [0, 0.05) is 27.8 Å². The molecular weight excluding hydrogens is 454 g/mol. The van der Waals surface area contributed by atoms with E-state index in [1.807, 2.05) is 31.2 Å². The van der Waals surface area contributed by atoms with Crippen molar-refractivity contribution in [1.29, 1.82) is 0 Å². The van der Waals surface area contributed by atoms with Crippen molar-refractivity contribution in [3.63, 3.8) is 0 Å². The lowest BCUT2D eigenvalue weighted by Gasteiger charge is -2.32. The lowest BCUT2D eigenvalue weighted by atomic mass is 10.2. The van der Waals surface area contributed by atoms with Crippen LogP contribution in [0.25, 0.3) is 0 Å². The minimum Gasteiger partial charge on any atom is -0.268 e. The first-order valence-corrected chi connectivity index (χ1v) is 12.7. The molecule has 0 spiro atoms. The van der Waals surface area contributed by atoms with Gasteiger partial charge in [0.25, 0.3) is 21.8 Å². The third kappa shape index (κ3) is 3.35. The maximum atomic E-state index is 13.4. The van der Waals surface area contributed by atoms with Crippen LogP contribution in [0.4, 0.5) is 5.69 Å². The number of para-hydroxylation sites is 1. The molecule has 2 aliphatic heterocycles. The highest BCUT2D eigenvalue weighted by molar-refractivity contribution is 8.00. The van der Waals surface area contributed by atoms with Gasteiger partial charge >= 0.3 is 0 Å². The third-order valence-corrected chi connectivity index (χ3v) is 9.58. The molecule has 0 bridgehead atoms. The van der Waals surface area contributed by atoms with Crippen LogP contribution in [0, 0.1) is 0 Å². The summed E-state index contributed by atoms with van der Waals surface area (Å²) < 4.78 is 28.5. The van der Waals surface area contributed by atoms with Crippen molar-refractivity contribution in [2.75, 3.05) is 10.8 Å². The van der Waals surface area contributed by atoms with Gasteiger partial charge in [0.05, 0.1) is 17.8 Å². The van der Waals surface area contributed by atoms with Crippen molar-refractivity contribution in [3.05, 3.63) is 70.9 Å². The molecular formula is C21H17N3O4S3. The number of pyridine rings is 1. The summed E-state index contributed by atoms with van der Waals surface area (Å²) in [5.41, 5.74) is 1.08. The van der Waals surface area contributed by atoms with E-state index in [1.165, 1.54) is 10.5 Å². The van der Waals surface area contributed by atoms with Crippen LogP contribution in [0.2, 0.25) is 0 Å². The van der Waals surface area contributed by atoms with E-state index >= 15 is 0 Å². The first-order chi connectivity index (χ1) is 14.9. The smallest absolute Gasteiger partial charge is 0.268 e. The first kappa shape index (κ1) is 20.2. The number of amides is 2. The van der Waals surface area contributed by atoms with Gasteiger partial charge in [-0.05, 0) is 36.4 Å². The molecule has 0 saturated carbocycles. The summed E-state index contributed by atoms with van der Waals surface area (Å²) in [5, 5.41) is 0.120. The normalized spacial score (nSPS) is 18.3. The highest BCUT2D eigenvalue weighted by Crippen LogP contribution is 2.41. The molecule has 0 N–H and O–H groups in total. The van der Waals surface area contributed by atoms with Gasteiger partial charge in [0.15, 0.2) is 0 Å². The number of nitrogens with zero attached hydrogens (tertiary/aromatic N) is 3. The van der Waals surface area contributed by atoms with Crippen molar-refractivity contribution in [3.8, 4) is 0 Å². The fourth-order valence-electron chi connectivity index (χ4n) is 3.68. The summed E-state index contributed by atoms with van der Waals surface area (Å²) in [4.78, 5) is 31.8. The third-order valence-electron chi connectivity index (χ3n) is 5.11. The Morgan fingerprint density at radius 2 is 1.87 bits per heavy atom. The monoisotopic (exact) mass is 471 g/mol. The summed E-state index contributed by atoms with van der Waals surface area (Å²) >= 11 is 2.73. The highest BCUT2D eigenvalue weighted by Gasteiger charge is 2.37. The van der Waals surface area contributed by atoms with E-state index in [1.54, 1.807) is 36.0 Å². The van der Waals surface area contributed by atoms with Crippen LogP contribution in [-0.4, -0.2) is 41.9 Å². The van der Waals surface area contributed by atoms with E-state index in [4.69, 9.17) is 0 Å². The molecule has 5 rings (SSSR count). The van der Waals surface area contributed by atoms with Crippen molar-refractivity contribution in [1.82, 2.24) is 9.88 Å². The maximum absolute atomic E-state index is 13.4. The van der Waals surface area contributed by atoms with Crippen LogP contribution in [0.1, 0.15) is 32.6 Å². The van der Waals surface area contributed by atoms with E-state index < -0.39 is 21.8 Å². The predicted molar refractivity (Wildman–Crippen MR) is 119 cm³/mol. The molecule has 1 unspecified atom stereocenters. The van der Waals surface area contributed by atoms with Crippen LogP contribution in [0.3, 0.4) is 0 Å². The Balaban J connectivity index is 1.43. The standard InChI is InChI=1S/C21H17N3O4S3/c1-13-11-24(16-6-2-3-7-17(16)29-13)31(27,28)18-9-8-14(30-18)12-23-20(25)15-5-4-10-22-19(15)21(23)26/h2-10,13H,11-12H2,1H3. The number of fused-ring (bicyclic) bond motifs is 2. The van der Waals surface area contributed by atoms with Crippen LogP contribution in [-0.2, 0) is 16.6 Å². The Morgan fingerprint density at radius 1 is 1.06 bits per heavy atom. The molecule has 0 saturated heterocycles. The van der Waals surface area contributed by atoms with Gasteiger partial charge in [-0.3, -0.25) is 23.8 Å². The highest BCUT2D eigenvalue weighted by atomic mass is 32.2. The Kier molecular flexibility index (Phi) is 4.87. The van der Waals surface area contributed by atoms with Gasteiger partial charge in [0.1, 0.15) is 9.90 Å². The molecule has 2 aromatic heterocycles. The molecule has 2 amide bonds. The summed E-state index contributed by atoms with van der Waals surface area (Å²) in [6, 6.07) is 13.8. The fourth-order valence-corrected chi connectivity index (χ4v) is 7.98. The van der Waals surface area contributed by atoms with Gasteiger partial charge in [-0.1, -0.05) is 19.1 Å². The number of thioether (sulfide) groups is 1. The molecule has 31 heavy (non-hydrogen) atoms. The number of sulfonamides is 1. The van der Waals surface area contributed by atoms with Crippen LogP contribution in [0.15, 0.2) is 63.8 Å². The van der Waals surface area contributed by atoms with Crippen molar-refractivity contribution in [2.24, 2.45) is 0 Å². The largest absolute Gasteiger partial charge is 0.280 e. The minimum absolute atomic E-state index is 0.0110. The lowest BCUT2D eigenvalue weighted by molar-refractivity contribution is 0.0642. The SMILES string of the molecule is CC1CN(S(=O)(=O)c2ccc(CN3C(=O)c4cccnc4C3=O)s2)c2ccccc2S1. The number of rotatable bonds is 4. The van der Waals surface area contributed by atoms with Gasteiger partial charge in [0.2, 0.25) is 0 Å². The van der Waals surface area contributed by atoms with Crippen LogP contribution in [0.5, 0.6) is 0 Å². The topological polar surface area (TPSA) is 87.7 Å². The number of imide groups is 1. The van der Waals surface area contributed by atoms with Crippen LogP contribution >= 0.6 is 23.1 Å².